The van der Waals surface area contributed by atoms with Gasteiger partial charge in [-0.1, -0.05) is 12.1 Å². The molecule has 0 aliphatic heterocycles. The van der Waals surface area contributed by atoms with E-state index in [1.807, 2.05) is 0 Å². The lowest BCUT2D eigenvalue weighted by atomic mass is 10.1. The summed E-state index contributed by atoms with van der Waals surface area (Å²) < 4.78 is 38.2. The van der Waals surface area contributed by atoms with Gasteiger partial charge in [-0.2, -0.15) is 13.2 Å². The zero-order valence-corrected chi connectivity index (χ0v) is 9.88. The fraction of sp³-hybridized carbons (Fsp3) is 0.167. The molecule has 2 rings (SSSR count). The first-order valence-corrected chi connectivity index (χ1v) is 5.37. The van der Waals surface area contributed by atoms with E-state index in [1.165, 1.54) is 24.5 Å². The Kier molecular flexibility index (Phi) is 3.28. The molecule has 1 aromatic heterocycles. The Bertz CT molecular complexity index is 604. The number of alkyl halides is 3. The Balaban J connectivity index is 2.30. The monoisotopic (exact) mass is 269 g/mol. The maximum atomic E-state index is 12.7. The van der Waals surface area contributed by atoms with Gasteiger partial charge in [-0.3, -0.25) is 4.79 Å². The molecule has 19 heavy (non-hydrogen) atoms. The highest BCUT2D eigenvalue weighted by atomic mass is 19.4. The second kappa shape index (κ2) is 4.75. The highest BCUT2D eigenvalue weighted by Gasteiger charge is 2.33. The number of H-pyrrole nitrogens is 1. The predicted octanol–water partition coefficient (Wildman–Crippen LogP) is 2.99. The van der Waals surface area contributed by atoms with Crippen LogP contribution in [-0.2, 0) is 6.18 Å². The van der Waals surface area contributed by atoms with Crippen molar-refractivity contribution in [1.82, 2.24) is 9.97 Å². The van der Waals surface area contributed by atoms with Crippen LogP contribution >= 0.6 is 0 Å². The summed E-state index contributed by atoms with van der Waals surface area (Å²) in [4.78, 5) is 18.3. The smallest absolute Gasteiger partial charge is 0.348 e. The molecular weight excluding hydrogens is 259 g/mol. The number of nitrogens with one attached hydrogen (secondary N) is 2. The lowest BCUT2D eigenvalue weighted by Gasteiger charge is -2.13. The van der Waals surface area contributed by atoms with Crippen molar-refractivity contribution < 1.29 is 18.0 Å². The fourth-order valence-corrected chi connectivity index (χ4v) is 1.61. The number of carbonyl (C=O) groups is 1. The van der Waals surface area contributed by atoms with E-state index in [9.17, 15) is 18.0 Å². The molecule has 100 valence electrons. The van der Waals surface area contributed by atoms with Crippen molar-refractivity contribution in [1.29, 1.82) is 0 Å². The predicted molar refractivity (Wildman–Crippen MR) is 62.7 cm³/mol. The zero-order valence-electron chi connectivity index (χ0n) is 9.88. The number of hydrogen-bond donors (Lipinski definition) is 2. The first-order valence-electron chi connectivity index (χ1n) is 5.37. The van der Waals surface area contributed by atoms with Crippen LogP contribution in [0.4, 0.5) is 18.9 Å². The van der Waals surface area contributed by atoms with Crippen molar-refractivity contribution in [2.45, 2.75) is 13.1 Å². The van der Waals surface area contributed by atoms with E-state index in [1.54, 1.807) is 6.92 Å². The van der Waals surface area contributed by atoms with Gasteiger partial charge in [0.1, 0.15) is 5.69 Å². The van der Waals surface area contributed by atoms with E-state index in [0.29, 0.717) is 5.69 Å². The van der Waals surface area contributed by atoms with Crippen LogP contribution < -0.4 is 5.32 Å². The molecule has 2 aromatic rings. The average Bonchev–Trinajstić information content (AvgIpc) is 2.75. The summed E-state index contributed by atoms with van der Waals surface area (Å²) >= 11 is 0. The minimum atomic E-state index is -4.52. The number of amides is 1. The van der Waals surface area contributed by atoms with Crippen LogP contribution in [0.5, 0.6) is 0 Å². The number of hydrogen-bond acceptors (Lipinski definition) is 2. The molecule has 0 unspecified atom stereocenters. The van der Waals surface area contributed by atoms with E-state index in [4.69, 9.17) is 0 Å². The minimum Gasteiger partial charge on any atom is -0.348 e. The Morgan fingerprint density at radius 3 is 2.58 bits per heavy atom. The third-order valence-electron chi connectivity index (χ3n) is 2.53. The molecule has 0 aliphatic carbocycles. The third-order valence-corrected chi connectivity index (χ3v) is 2.53. The summed E-state index contributed by atoms with van der Waals surface area (Å²) in [5.41, 5.74) is -0.627. The topological polar surface area (TPSA) is 57.8 Å². The Morgan fingerprint density at radius 2 is 2.00 bits per heavy atom. The number of carbonyl (C=O) groups excluding carboxylic acids is 1. The van der Waals surface area contributed by atoms with Crippen molar-refractivity contribution in [3.8, 4) is 0 Å². The van der Waals surface area contributed by atoms with Crippen LogP contribution in [-0.4, -0.2) is 15.9 Å². The van der Waals surface area contributed by atoms with Gasteiger partial charge in [0.2, 0.25) is 0 Å². The molecule has 0 radical (unpaired) electrons. The van der Waals surface area contributed by atoms with Crippen LogP contribution in [0.3, 0.4) is 0 Å². The van der Waals surface area contributed by atoms with Gasteiger partial charge < -0.3 is 10.3 Å². The largest absolute Gasteiger partial charge is 0.418 e. The first-order chi connectivity index (χ1) is 8.89. The van der Waals surface area contributed by atoms with Crippen LogP contribution in [0, 0.1) is 6.92 Å². The molecular formula is C12H10F3N3O. The van der Waals surface area contributed by atoms with Crippen molar-refractivity contribution >= 4 is 11.6 Å². The second-order valence-corrected chi connectivity index (χ2v) is 3.87. The normalized spacial score (nSPS) is 11.4. The molecule has 1 aromatic carbocycles. The van der Waals surface area contributed by atoms with Gasteiger partial charge in [0, 0.05) is 5.69 Å². The quantitative estimate of drug-likeness (QED) is 0.880. The Hall–Kier alpha value is -2.31. The van der Waals surface area contributed by atoms with Gasteiger partial charge in [0.25, 0.3) is 5.91 Å². The van der Waals surface area contributed by atoms with Crippen LogP contribution in [0.1, 0.15) is 21.7 Å². The van der Waals surface area contributed by atoms with E-state index < -0.39 is 17.6 Å². The van der Waals surface area contributed by atoms with Crippen molar-refractivity contribution in [2.75, 3.05) is 5.32 Å². The molecule has 0 spiro atoms. The molecule has 1 heterocycles. The van der Waals surface area contributed by atoms with E-state index >= 15 is 0 Å². The number of anilines is 1. The molecule has 0 saturated carbocycles. The summed E-state index contributed by atoms with van der Waals surface area (Å²) in [5.74, 6) is -0.685. The van der Waals surface area contributed by atoms with Gasteiger partial charge in [0.05, 0.1) is 17.6 Å². The summed E-state index contributed by atoms with van der Waals surface area (Å²) in [7, 11) is 0. The molecule has 0 aliphatic rings. The Labute approximate surface area is 106 Å². The van der Waals surface area contributed by atoms with Gasteiger partial charge in [-0.25, -0.2) is 4.98 Å². The van der Waals surface area contributed by atoms with E-state index in [0.717, 1.165) is 6.07 Å². The summed E-state index contributed by atoms with van der Waals surface area (Å²) in [5, 5.41) is 2.22. The summed E-state index contributed by atoms with van der Waals surface area (Å²) in [6.45, 7) is 1.61. The number of para-hydroxylation sites is 1. The highest BCUT2D eigenvalue weighted by molar-refractivity contribution is 6.04. The third kappa shape index (κ3) is 2.75. The number of aryl methyl sites for hydroxylation is 1. The molecule has 0 bridgehead atoms. The number of nitrogens with zero attached hydrogens (tertiary/aromatic N) is 1. The number of aromatic amines is 1. The molecule has 0 atom stereocenters. The van der Waals surface area contributed by atoms with Gasteiger partial charge in [0.15, 0.2) is 0 Å². The van der Waals surface area contributed by atoms with Gasteiger partial charge in [-0.05, 0) is 19.1 Å². The average molecular weight is 269 g/mol. The van der Waals surface area contributed by atoms with Crippen molar-refractivity contribution in [2.24, 2.45) is 0 Å². The molecule has 2 N–H and O–H groups in total. The minimum absolute atomic E-state index is 0.0666. The van der Waals surface area contributed by atoms with Crippen LogP contribution in [0.2, 0.25) is 0 Å². The molecule has 4 nitrogen and oxygen atoms in total. The van der Waals surface area contributed by atoms with Crippen LogP contribution in [0.25, 0.3) is 0 Å². The number of benzene rings is 1. The van der Waals surface area contributed by atoms with E-state index in [-0.39, 0.29) is 11.4 Å². The number of imidazole rings is 1. The lowest BCUT2D eigenvalue weighted by Crippen LogP contribution is -2.17. The Morgan fingerprint density at radius 1 is 1.32 bits per heavy atom. The second-order valence-electron chi connectivity index (χ2n) is 3.87. The summed E-state index contributed by atoms with van der Waals surface area (Å²) in [6.07, 6.45) is -3.22. The SMILES string of the molecule is Cc1[nH]cnc1C(=O)Nc1ccccc1C(F)(F)F. The van der Waals surface area contributed by atoms with Gasteiger partial charge in [-0.15, -0.1) is 0 Å². The highest BCUT2D eigenvalue weighted by Crippen LogP contribution is 2.34. The standard InChI is InChI=1S/C12H10F3N3O/c1-7-10(17-6-16-7)11(19)18-9-5-3-2-4-8(9)12(13,14)15/h2-6H,1H3,(H,16,17)(H,18,19). The number of rotatable bonds is 2. The lowest BCUT2D eigenvalue weighted by molar-refractivity contribution is -0.136. The zero-order chi connectivity index (χ0) is 14.0. The summed E-state index contributed by atoms with van der Waals surface area (Å²) in [6, 6.07) is 4.79. The maximum Gasteiger partial charge on any atom is 0.418 e. The fourth-order valence-electron chi connectivity index (χ4n) is 1.61. The van der Waals surface area contributed by atoms with Crippen molar-refractivity contribution in [3.63, 3.8) is 0 Å². The number of aromatic nitrogens is 2. The van der Waals surface area contributed by atoms with Crippen LogP contribution in [0.15, 0.2) is 30.6 Å². The maximum absolute atomic E-state index is 12.7. The van der Waals surface area contributed by atoms with Crippen molar-refractivity contribution in [3.05, 3.63) is 47.5 Å². The first kappa shape index (κ1) is 13.1. The molecule has 7 heteroatoms. The number of halogens is 3. The van der Waals surface area contributed by atoms with E-state index in [2.05, 4.69) is 15.3 Å². The molecule has 1 amide bonds. The molecule has 0 fully saturated rings. The molecule has 0 saturated heterocycles. The van der Waals surface area contributed by atoms with Gasteiger partial charge >= 0.3 is 6.18 Å².